The molecule has 0 bridgehead atoms. The van der Waals surface area contributed by atoms with Crippen LogP contribution < -0.4 is 16.0 Å². The fraction of sp³-hybridized carbons (Fsp3) is 0.125. The zero-order chi connectivity index (χ0) is 22.9. The second-order valence-electron chi connectivity index (χ2n) is 7.14. The summed E-state index contributed by atoms with van der Waals surface area (Å²) >= 11 is 5.87. The highest BCUT2D eigenvalue weighted by Crippen LogP contribution is 2.19. The molecule has 3 amide bonds. The van der Waals surface area contributed by atoms with Gasteiger partial charge >= 0.3 is 0 Å². The normalized spacial score (nSPS) is 10.5. The van der Waals surface area contributed by atoms with Gasteiger partial charge in [0, 0.05) is 16.4 Å². The van der Waals surface area contributed by atoms with Crippen molar-refractivity contribution < 1.29 is 14.4 Å². The first-order valence-corrected chi connectivity index (χ1v) is 10.3. The van der Waals surface area contributed by atoms with Gasteiger partial charge in [-0.1, -0.05) is 41.9 Å². The lowest BCUT2D eigenvalue weighted by molar-refractivity contribution is -0.119. The number of rotatable bonds is 8. The SMILES string of the molecule is CN(CC(=O)Nc1ccccc1)CC(=O)Nc1ccccc1C(=O)Nc1ccc(Cl)cc1. The third kappa shape index (κ3) is 6.94. The topological polar surface area (TPSA) is 90.5 Å². The van der Waals surface area contributed by atoms with Gasteiger partial charge in [0.05, 0.1) is 24.3 Å². The fourth-order valence-electron chi connectivity index (χ4n) is 2.98. The van der Waals surface area contributed by atoms with Crippen LogP contribution in [0.25, 0.3) is 0 Å². The average Bonchev–Trinajstić information content (AvgIpc) is 2.76. The number of halogens is 1. The molecule has 0 aliphatic heterocycles. The number of anilines is 3. The van der Waals surface area contributed by atoms with Crippen molar-refractivity contribution in [2.24, 2.45) is 0 Å². The van der Waals surface area contributed by atoms with Crippen molar-refractivity contribution in [1.29, 1.82) is 0 Å². The second-order valence-corrected chi connectivity index (χ2v) is 7.58. The van der Waals surface area contributed by atoms with Gasteiger partial charge in [0.2, 0.25) is 11.8 Å². The van der Waals surface area contributed by atoms with Crippen molar-refractivity contribution in [2.75, 3.05) is 36.1 Å². The molecule has 0 saturated heterocycles. The highest BCUT2D eigenvalue weighted by Gasteiger charge is 2.15. The summed E-state index contributed by atoms with van der Waals surface area (Å²) in [5.41, 5.74) is 1.98. The maximum absolute atomic E-state index is 12.7. The highest BCUT2D eigenvalue weighted by atomic mass is 35.5. The van der Waals surface area contributed by atoms with Crippen LogP contribution in [0.15, 0.2) is 78.9 Å². The van der Waals surface area contributed by atoms with E-state index < -0.39 is 0 Å². The molecule has 0 radical (unpaired) electrons. The molecule has 0 unspecified atom stereocenters. The monoisotopic (exact) mass is 450 g/mol. The van der Waals surface area contributed by atoms with Crippen molar-refractivity contribution in [3.05, 3.63) is 89.4 Å². The summed E-state index contributed by atoms with van der Waals surface area (Å²) in [6, 6.07) is 22.5. The van der Waals surface area contributed by atoms with Crippen molar-refractivity contribution in [3.8, 4) is 0 Å². The van der Waals surface area contributed by atoms with Gasteiger partial charge in [-0.05, 0) is 55.6 Å². The average molecular weight is 451 g/mol. The summed E-state index contributed by atoms with van der Waals surface area (Å²) < 4.78 is 0. The van der Waals surface area contributed by atoms with Gasteiger partial charge in [0.25, 0.3) is 5.91 Å². The van der Waals surface area contributed by atoms with Gasteiger partial charge in [0.1, 0.15) is 0 Å². The molecule has 0 spiro atoms. The Kier molecular flexibility index (Phi) is 7.96. The molecule has 3 aromatic carbocycles. The molecular weight excluding hydrogens is 428 g/mol. The maximum Gasteiger partial charge on any atom is 0.257 e. The number of para-hydroxylation sites is 2. The summed E-state index contributed by atoms with van der Waals surface area (Å²) in [4.78, 5) is 38.9. The summed E-state index contributed by atoms with van der Waals surface area (Å²) in [5.74, 6) is -0.931. The molecule has 3 rings (SSSR count). The smallest absolute Gasteiger partial charge is 0.257 e. The molecule has 0 aliphatic carbocycles. The molecule has 0 saturated carbocycles. The number of nitrogens with zero attached hydrogens (tertiary/aromatic N) is 1. The Morgan fingerprint density at radius 2 is 1.28 bits per heavy atom. The molecule has 0 fully saturated rings. The zero-order valence-electron chi connectivity index (χ0n) is 17.5. The van der Waals surface area contributed by atoms with Crippen LogP contribution in [0.4, 0.5) is 17.1 Å². The minimum atomic E-state index is -0.362. The van der Waals surface area contributed by atoms with E-state index in [9.17, 15) is 14.4 Å². The lowest BCUT2D eigenvalue weighted by atomic mass is 10.1. The molecule has 3 aromatic rings. The number of benzene rings is 3. The molecule has 3 N–H and O–H groups in total. The van der Waals surface area contributed by atoms with Gasteiger partial charge in [-0.3, -0.25) is 19.3 Å². The molecule has 0 atom stereocenters. The van der Waals surface area contributed by atoms with Crippen LogP contribution in [0.3, 0.4) is 0 Å². The van der Waals surface area contributed by atoms with E-state index in [1.165, 1.54) is 0 Å². The van der Waals surface area contributed by atoms with Gasteiger partial charge in [0.15, 0.2) is 0 Å². The van der Waals surface area contributed by atoms with Gasteiger partial charge in [-0.25, -0.2) is 0 Å². The lowest BCUT2D eigenvalue weighted by Gasteiger charge is -2.17. The van der Waals surface area contributed by atoms with Crippen molar-refractivity contribution in [1.82, 2.24) is 4.90 Å². The Balaban J connectivity index is 1.56. The van der Waals surface area contributed by atoms with Crippen LogP contribution in [0, 0.1) is 0 Å². The summed E-state index contributed by atoms with van der Waals surface area (Å²) in [6.07, 6.45) is 0. The number of nitrogens with one attached hydrogen (secondary N) is 3. The first kappa shape index (κ1) is 23.0. The molecule has 8 heteroatoms. The Morgan fingerprint density at radius 3 is 1.97 bits per heavy atom. The maximum atomic E-state index is 12.7. The largest absolute Gasteiger partial charge is 0.325 e. The Bertz CT molecular complexity index is 1090. The number of hydrogen-bond acceptors (Lipinski definition) is 4. The van der Waals surface area contributed by atoms with E-state index in [4.69, 9.17) is 11.6 Å². The van der Waals surface area contributed by atoms with Crippen LogP contribution in [-0.4, -0.2) is 42.8 Å². The molecule has 7 nitrogen and oxygen atoms in total. The van der Waals surface area contributed by atoms with Crippen LogP contribution in [0.5, 0.6) is 0 Å². The number of carbonyl (C=O) groups excluding carboxylic acids is 3. The summed E-state index contributed by atoms with van der Waals surface area (Å²) in [7, 11) is 1.67. The van der Waals surface area contributed by atoms with Gasteiger partial charge < -0.3 is 16.0 Å². The minimum Gasteiger partial charge on any atom is -0.325 e. The van der Waals surface area contributed by atoms with E-state index in [2.05, 4.69) is 16.0 Å². The molecule has 0 aliphatic rings. The molecular formula is C24H23ClN4O3. The van der Waals surface area contributed by atoms with Crippen molar-refractivity contribution >= 4 is 46.4 Å². The Labute approximate surface area is 191 Å². The minimum absolute atomic E-state index is 0.0185. The lowest BCUT2D eigenvalue weighted by Crippen LogP contribution is -2.36. The predicted molar refractivity (Wildman–Crippen MR) is 127 cm³/mol. The molecule has 0 aromatic heterocycles. The summed E-state index contributed by atoms with van der Waals surface area (Å²) in [6.45, 7) is 0.0242. The predicted octanol–water partition coefficient (Wildman–Crippen LogP) is 4.10. The van der Waals surface area contributed by atoms with Crippen LogP contribution in [-0.2, 0) is 9.59 Å². The van der Waals surface area contributed by atoms with Gasteiger partial charge in [-0.15, -0.1) is 0 Å². The van der Waals surface area contributed by atoms with Crippen molar-refractivity contribution in [2.45, 2.75) is 0 Å². The number of hydrogen-bond donors (Lipinski definition) is 3. The van der Waals surface area contributed by atoms with Crippen LogP contribution in [0.1, 0.15) is 10.4 Å². The second kappa shape index (κ2) is 11.1. The fourth-order valence-corrected chi connectivity index (χ4v) is 3.11. The van der Waals surface area contributed by atoms with Crippen molar-refractivity contribution in [3.63, 3.8) is 0 Å². The summed E-state index contributed by atoms with van der Waals surface area (Å²) in [5, 5.41) is 8.86. The number of carbonyl (C=O) groups is 3. The van der Waals surface area contributed by atoms with Crippen LogP contribution in [0.2, 0.25) is 5.02 Å². The third-order valence-electron chi connectivity index (χ3n) is 4.43. The standard InChI is InChI=1S/C24H23ClN4O3/c1-29(15-22(30)26-18-7-3-2-4-8-18)16-23(31)28-21-10-6-5-9-20(21)24(32)27-19-13-11-17(25)12-14-19/h2-14H,15-16H2,1H3,(H,26,30)(H,27,32)(H,28,31). The van der Waals surface area contributed by atoms with E-state index in [-0.39, 0.29) is 30.8 Å². The number of likely N-dealkylation sites (N-methyl/N-ethyl adjacent to an activating group) is 1. The third-order valence-corrected chi connectivity index (χ3v) is 4.68. The number of amides is 3. The van der Waals surface area contributed by atoms with E-state index in [0.717, 1.165) is 0 Å². The van der Waals surface area contributed by atoms with E-state index >= 15 is 0 Å². The Hall–Kier alpha value is -3.68. The quantitative estimate of drug-likeness (QED) is 0.482. The molecule has 164 valence electrons. The van der Waals surface area contributed by atoms with E-state index in [1.807, 2.05) is 18.2 Å². The molecule has 0 heterocycles. The highest BCUT2D eigenvalue weighted by molar-refractivity contribution is 6.30. The van der Waals surface area contributed by atoms with E-state index in [0.29, 0.717) is 27.6 Å². The van der Waals surface area contributed by atoms with E-state index in [1.54, 1.807) is 72.6 Å². The zero-order valence-corrected chi connectivity index (χ0v) is 18.2. The first-order valence-electron chi connectivity index (χ1n) is 9.90. The van der Waals surface area contributed by atoms with Gasteiger partial charge in [-0.2, -0.15) is 0 Å². The molecule has 32 heavy (non-hydrogen) atoms. The Morgan fingerprint density at radius 1 is 0.719 bits per heavy atom. The van der Waals surface area contributed by atoms with Crippen LogP contribution >= 0.6 is 11.6 Å². The first-order chi connectivity index (χ1) is 15.4.